The second-order valence-corrected chi connectivity index (χ2v) is 3.43. The predicted octanol–water partition coefficient (Wildman–Crippen LogP) is 0.245. The number of nitriles is 1. The molecule has 0 heterocycles. The maximum absolute atomic E-state index is 13.4. The van der Waals surface area contributed by atoms with E-state index < -0.39 is 18.0 Å². The minimum Gasteiger partial charge on any atom is -0.389 e. The van der Waals surface area contributed by atoms with Crippen LogP contribution in [0, 0.1) is 17.1 Å². The van der Waals surface area contributed by atoms with Gasteiger partial charge < -0.3 is 15.9 Å². The van der Waals surface area contributed by atoms with Crippen LogP contribution in [0.15, 0.2) is 18.2 Å². The fraction of sp³-hybridized carbons (Fsp3) is 0.364. The molecule has 5 heteroatoms. The van der Waals surface area contributed by atoms with Gasteiger partial charge in [-0.05, 0) is 11.6 Å². The first-order valence-corrected chi connectivity index (χ1v) is 4.81. The first-order valence-electron chi connectivity index (χ1n) is 4.81. The third-order valence-electron chi connectivity index (χ3n) is 2.29. The molecular weight excluding hydrogens is 211 g/mol. The molecule has 0 aromatic heterocycles. The molecule has 1 aromatic carbocycles. The van der Waals surface area contributed by atoms with Crippen molar-refractivity contribution in [3.05, 3.63) is 35.1 Å². The van der Waals surface area contributed by atoms with Crippen LogP contribution in [0.4, 0.5) is 4.39 Å². The molecule has 0 aliphatic heterocycles. The van der Waals surface area contributed by atoms with Crippen molar-refractivity contribution in [1.82, 2.24) is 0 Å². The lowest BCUT2D eigenvalue weighted by Gasteiger charge is -2.16. The van der Waals surface area contributed by atoms with Crippen molar-refractivity contribution in [2.75, 3.05) is 6.54 Å². The topological polar surface area (TPSA) is 90.3 Å². The highest BCUT2D eigenvalue weighted by molar-refractivity contribution is 5.28. The van der Waals surface area contributed by atoms with E-state index in [1.54, 1.807) is 0 Å². The molecule has 16 heavy (non-hydrogen) atoms. The minimum absolute atomic E-state index is 0.0261. The smallest absolute Gasteiger partial charge is 0.127 e. The van der Waals surface area contributed by atoms with Gasteiger partial charge in [0.15, 0.2) is 0 Å². The van der Waals surface area contributed by atoms with Gasteiger partial charge in [0.05, 0.1) is 18.6 Å². The van der Waals surface area contributed by atoms with Gasteiger partial charge in [-0.3, -0.25) is 0 Å². The normalized spacial score (nSPS) is 14.2. The monoisotopic (exact) mass is 224 g/mol. The summed E-state index contributed by atoms with van der Waals surface area (Å²) in [5.74, 6) is -0.567. The summed E-state index contributed by atoms with van der Waals surface area (Å²) in [7, 11) is 0. The largest absolute Gasteiger partial charge is 0.389 e. The Balaban J connectivity index is 2.93. The number of hydrogen-bond donors (Lipinski definition) is 3. The van der Waals surface area contributed by atoms with E-state index in [-0.39, 0.29) is 24.1 Å². The second kappa shape index (κ2) is 5.56. The van der Waals surface area contributed by atoms with Crippen molar-refractivity contribution in [3.63, 3.8) is 0 Å². The van der Waals surface area contributed by atoms with Gasteiger partial charge in [-0.1, -0.05) is 12.1 Å². The van der Waals surface area contributed by atoms with Crippen LogP contribution in [-0.4, -0.2) is 22.9 Å². The van der Waals surface area contributed by atoms with E-state index in [1.165, 1.54) is 12.1 Å². The third kappa shape index (κ3) is 2.76. The van der Waals surface area contributed by atoms with Crippen LogP contribution in [0.1, 0.15) is 17.2 Å². The van der Waals surface area contributed by atoms with Crippen molar-refractivity contribution in [2.45, 2.75) is 18.6 Å². The standard InChI is InChI=1S/C11H13FN2O2/c12-9-5-8(11(16)10(15)6-14)2-1-7(9)3-4-13/h1-2,5,10-11,15-16H,3,6,14H2. The molecule has 2 unspecified atom stereocenters. The van der Waals surface area contributed by atoms with E-state index >= 15 is 0 Å². The number of benzene rings is 1. The van der Waals surface area contributed by atoms with E-state index in [2.05, 4.69) is 0 Å². The van der Waals surface area contributed by atoms with Gasteiger partial charge in [-0.2, -0.15) is 5.26 Å². The zero-order chi connectivity index (χ0) is 12.1. The zero-order valence-electron chi connectivity index (χ0n) is 8.60. The molecule has 0 bridgehead atoms. The molecule has 0 aliphatic carbocycles. The van der Waals surface area contributed by atoms with Crippen LogP contribution < -0.4 is 5.73 Å². The van der Waals surface area contributed by atoms with Crippen LogP contribution in [0.3, 0.4) is 0 Å². The molecule has 1 rings (SSSR count). The van der Waals surface area contributed by atoms with Gasteiger partial charge >= 0.3 is 0 Å². The molecule has 4 N–H and O–H groups in total. The first-order chi connectivity index (χ1) is 7.60. The van der Waals surface area contributed by atoms with Gasteiger partial charge in [0, 0.05) is 12.1 Å². The highest BCUT2D eigenvalue weighted by atomic mass is 19.1. The maximum Gasteiger partial charge on any atom is 0.127 e. The van der Waals surface area contributed by atoms with Gasteiger partial charge in [0.25, 0.3) is 0 Å². The van der Waals surface area contributed by atoms with Crippen LogP contribution in [0.5, 0.6) is 0 Å². The van der Waals surface area contributed by atoms with Crippen molar-refractivity contribution in [3.8, 4) is 6.07 Å². The quantitative estimate of drug-likeness (QED) is 0.683. The molecule has 0 aliphatic rings. The lowest BCUT2D eigenvalue weighted by Crippen LogP contribution is -2.27. The molecule has 2 atom stereocenters. The molecular formula is C11H13FN2O2. The molecule has 0 saturated heterocycles. The first kappa shape index (κ1) is 12.6. The van der Waals surface area contributed by atoms with E-state index in [1.807, 2.05) is 6.07 Å². The molecule has 0 amide bonds. The van der Waals surface area contributed by atoms with Gasteiger partial charge in [0.1, 0.15) is 11.9 Å². The van der Waals surface area contributed by atoms with Gasteiger partial charge in [-0.25, -0.2) is 4.39 Å². The third-order valence-corrected chi connectivity index (χ3v) is 2.29. The SMILES string of the molecule is N#CCc1ccc(C(O)C(O)CN)cc1F. The van der Waals surface area contributed by atoms with Crippen LogP contribution in [0.2, 0.25) is 0 Å². The van der Waals surface area contributed by atoms with Gasteiger partial charge in [0.2, 0.25) is 0 Å². The number of rotatable bonds is 4. The Morgan fingerprint density at radius 2 is 2.12 bits per heavy atom. The number of nitrogens with two attached hydrogens (primary N) is 1. The van der Waals surface area contributed by atoms with E-state index in [9.17, 15) is 14.6 Å². The zero-order valence-corrected chi connectivity index (χ0v) is 8.60. The molecule has 0 fully saturated rings. The van der Waals surface area contributed by atoms with E-state index in [4.69, 9.17) is 11.0 Å². The Labute approximate surface area is 92.7 Å². The summed E-state index contributed by atoms with van der Waals surface area (Å²) in [6.45, 7) is -0.108. The lowest BCUT2D eigenvalue weighted by atomic mass is 10.0. The predicted molar refractivity (Wildman–Crippen MR) is 55.7 cm³/mol. The van der Waals surface area contributed by atoms with E-state index in [0.29, 0.717) is 0 Å². The number of nitrogens with zero attached hydrogens (tertiary/aromatic N) is 1. The summed E-state index contributed by atoms with van der Waals surface area (Å²) in [5, 5.41) is 27.3. The molecule has 4 nitrogen and oxygen atoms in total. The molecule has 0 spiro atoms. The van der Waals surface area contributed by atoms with Crippen LogP contribution in [-0.2, 0) is 6.42 Å². The molecule has 1 aromatic rings. The van der Waals surface area contributed by atoms with E-state index in [0.717, 1.165) is 6.07 Å². The Hall–Kier alpha value is -1.48. The number of aliphatic hydroxyl groups is 2. The summed E-state index contributed by atoms with van der Waals surface area (Å²) >= 11 is 0. The van der Waals surface area contributed by atoms with Crippen LogP contribution in [0.25, 0.3) is 0 Å². The summed E-state index contributed by atoms with van der Waals surface area (Å²) < 4.78 is 13.4. The molecule has 0 radical (unpaired) electrons. The maximum atomic E-state index is 13.4. The fourth-order valence-electron chi connectivity index (χ4n) is 1.33. The van der Waals surface area contributed by atoms with Crippen LogP contribution >= 0.6 is 0 Å². The number of aliphatic hydroxyl groups excluding tert-OH is 2. The molecule has 0 saturated carbocycles. The van der Waals surface area contributed by atoms with Crippen molar-refractivity contribution >= 4 is 0 Å². The average Bonchev–Trinajstić information content (AvgIpc) is 2.30. The van der Waals surface area contributed by atoms with Crippen molar-refractivity contribution in [2.24, 2.45) is 5.73 Å². The molecule has 86 valence electrons. The summed E-state index contributed by atoms with van der Waals surface area (Å²) in [6, 6.07) is 5.83. The number of halogens is 1. The number of hydrogen-bond acceptors (Lipinski definition) is 4. The van der Waals surface area contributed by atoms with Crippen molar-refractivity contribution in [1.29, 1.82) is 5.26 Å². The average molecular weight is 224 g/mol. The summed E-state index contributed by atoms with van der Waals surface area (Å²) in [4.78, 5) is 0. The second-order valence-electron chi connectivity index (χ2n) is 3.43. The van der Waals surface area contributed by atoms with Crippen molar-refractivity contribution < 1.29 is 14.6 Å². The Bertz CT molecular complexity index is 403. The Kier molecular flexibility index (Phi) is 4.38. The Morgan fingerprint density at radius 1 is 1.44 bits per heavy atom. The fourth-order valence-corrected chi connectivity index (χ4v) is 1.33. The lowest BCUT2D eigenvalue weighted by molar-refractivity contribution is 0.0241. The minimum atomic E-state index is -1.21. The van der Waals surface area contributed by atoms with Gasteiger partial charge in [-0.15, -0.1) is 0 Å². The highest BCUT2D eigenvalue weighted by Gasteiger charge is 2.17. The highest BCUT2D eigenvalue weighted by Crippen LogP contribution is 2.19. The summed E-state index contributed by atoms with van der Waals surface area (Å²) in [6.07, 6.45) is -2.36. The Morgan fingerprint density at radius 3 is 2.62 bits per heavy atom. The summed E-state index contributed by atoms with van der Waals surface area (Å²) in [5.41, 5.74) is 5.69.